The minimum Gasteiger partial charge on any atom is -0.387 e. The molecule has 0 aliphatic carbocycles. The molecule has 0 atom stereocenters. The highest BCUT2D eigenvalue weighted by Gasteiger charge is 2.55. The fraction of sp³-hybridized carbons (Fsp3) is 0.0952. The van der Waals surface area contributed by atoms with Crippen molar-refractivity contribution >= 4 is 24.2 Å². The number of halogens is 2. The van der Waals surface area contributed by atoms with Gasteiger partial charge in [0.15, 0.2) is 5.69 Å². The van der Waals surface area contributed by atoms with Crippen LogP contribution in [0.2, 0.25) is 0 Å². The molecule has 0 saturated heterocycles. The number of nitrogens with zero attached hydrogens (tertiary/aromatic N) is 4. The smallest absolute Gasteiger partial charge is 0.387 e. The van der Waals surface area contributed by atoms with E-state index in [1.807, 2.05) is 32.0 Å². The van der Waals surface area contributed by atoms with Crippen LogP contribution in [0.3, 0.4) is 0 Å². The van der Waals surface area contributed by atoms with Gasteiger partial charge in [0.25, 0.3) is 0 Å². The zero-order valence-corrected chi connectivity index (χ0v) is 15.6. The summed E-state index contributed by atoms with van der Waals surface area (Å²) in [4.78, 5) is 0.786. The number of amidine groups is 1. The van der Waals surface area contributed by atoms with Gasteiger partial charge < -0.3 is 13.6 Å². The lowest BCUT2D eigenvalue weighted by molar-refractivity contribution is -0.401. The molecule has 3 aromatic rings. The average Bonchev–Trinajstić information content (AvgIpc) is 2.70. The second kappa shape index (κ2) is 7.00. The first-order valence-corrected chi connectivity index (χ1v) is 9.05. The van der Waals surface area contributed by atoms with E-state index in [0.717, 1.165) is 20.7 Å². The molecule has 28 heavy (non-hydrogen) atoms. The molecule has 0 spiro atoms. The second-order valence-electron chi connectivity index (χ2n) is 6.84. The number of anilines is 1. The van der Waals surface area contributed by atoms with Gasteiger partial charge in [-0.05, 0) is 31.1 Å². The third-order valence-corrected chi connectivity index (χ3v) is 4.62. The molecule has 0 N–H and O–H groups in total. The summed E-state index contributed by atoms with van der Waals surface area (Å²) in [7, 11) is 0. The molecule has 7 heteroatoms. The standard InChI is InChI=1S/C21H19BF2N4/c1-16-8-12-19(13-9-16)27-22(23,24)28(20-14-10-17(2)11-15-20)26-21(25-27)18-6-4-3-5-7-18/h3-15H,1-2H3. The van der Waals surface area contributed by atoms with Crippen LogP contribution >= 0.6 is 0 Å². The lowest BCUT2D eigenvalue weighted by Gasteiger charge is -2.33. The summed E-state index contributed by atoms with van der Waals surface area (Å²) in [5, 5.41) is 8.43. The maximum Gasteiger partial charge on any atom is 0.777 e. The molecule has 4 rings (SSSR count). The monoisotopic (exact) mass is 376 g/mol. The Morgan fingerprint density at radius 2 is 1.36 bits per heavy atom. The van der Waals surface area contributed by atoms with Gasteiger partial charge in [0.05, 0.1) is 0 Å². The lowest BCUT2D eigenvalue weighted by atomic mass is 9.93. The van der Waals surface area contributed by atoms with E-state index in [1.54, 1.807) is 60.7 Å². The highest BCUT2D eigenvalue weighted by Crippen LogP contribution is 2.33. The Morgan fingerprint density at radius 3 is 1.96 bits per heavy atom. The number of aryl methyl sites for hydroxylation is 2. The Bertz CT molecular complexity index is 1050. The van der Waals surface area contributed by atoms with Crippen molar-refractivity contribution in [2.75, 3.05) is 4.92 Å². The maximum atomic E-state index is 15.5. The van der Waals surface area contributed by atoms with E-state index in [1.165, 1.54) is 0 Å². The van der Waals surface area contributed by atoms with Crippen LogP contribution in [-0.2, 0) is 0 Å². The number of azo groups is 1. The van der Waals surface area contributed by atoms with Crippen LogP contribution in [0, 0.1) is 13.8 Å². The van der Waals surface area contributed by atoms with Crippen molar-refractivity contribution in [2.45, 2.75) is 13.8 Å². The van der Waals surface area contributed by atoms with E-state index in [-0.39, 0.29) is 5.84 Å². The molecule has 1 heterocycles. The molecular weight excluding hydrogens is 357 g/mol. The van der Waals surface area contributed by atoms with Crippen LogP contribution in [0.4, 0.5) is 20.0 Å². The van der Waals surface area contributed by atoms with Crippen molar-refractivity contribution in [1.29, 1.82) is 0 Å². The number of rotatable bonds is 3. The molecule has 0 bridgehead atoms. The van der Waals surface area contributed by atoms with E-state index in [2.05, 4.69) is 10.2 Å². The van der Waals surface area contributed by atoms with E-state index >= 15 is 8.63 Å². The Balaban J connectivity index is 1.89. The third-order valence-electron chi connectivity index (χ3n) is 4.62. The first-order chi connectivity index (χ1) is 13.4. The molecule has 140 valence electrons. The van der Waals surface area contributed by atoms with Gasteiger partial charge in [0, 0.05) is 23.4 Å². The van der Waals surface area contributed by atoms with Crippen LogP contribution in [0.1, 0.15) is 16.7 Å². The summed E-state index contributed by atoms with van der Waals surface area (Å²) < 4.78 is 31.8. The molecule has 0 saturated carbocycles. The minimum atomic E-state index is -4.26. The number of hydrogen-bond donors (Lipinski definition) is 0. The fourth-order valence-electron chi connectivity index (χ4n) is 3.04. The van der Waals surface area contributed by atoms with Crippen LogP contribution < -0.4 is 4.92 Å². The van der Waals surface area contributed by atoms with Crippen molar-refractivity contribution in [1.82, 2.24) is 0 Å². The van der Waals surface area contributed by atoms with Gasteiger partial charge in [-0.3, -0.25) is 0 Å². The van der Waals surface area contributed by atoms with Crippen molar-refractivity contribution < 1.29 is 13.2 Å². The SMILES string of the molecule is Cc1ccc(N2N=C(c3ccccc3)N=[N+](c3ccc(C)cc3)[B-]2(F)F)cc1. The summed E-state index contributed by atoms with van der Waals surface area (Å²) >= 11 is 0. The average molecular weight is 376 g/mol. The van der Waals surface area contributed by atoms with Gasteiger partial charge in [0.2, 0.25) is 5.84 Å². The summed E-state index contributed by atoms with van der Waals surface area (Å²) in [6.45, 7) is -0.436. The summed E-state index contributed by atoms with van der Waals surface area (Å²) in [5.74, 6) is 0.231. The first-order valence-electron chi connectivity index (χ1n) is 9.05. The topological polar surface area (TPSA) is 31.0 Å². The largest absolute Gasteiger partial charge is 0.777 e. The van der Waals surface area contributed by atoms with E-state index < -0.39 is 6.97 Å². The van der Waals surface area contributed by atoms with Crippen LogP contribution in [-0.4, -0.2) is 17.4 Å². The van der Waals surface area contributed by atoms with E-state index in [9.17, 15) is 0 Å². The van der Waals surface area contributed by atoms with Gasteiger partial charge in [-0.25, -0.2) is 4.61 Å². The Morgan fingerprint density at radius 1 is 0.786 bits per heavy atom. The fourth-order valence-corrected chi connectivity index (χ4v) is 3.04. The first kappa shape index (κ1) is 18.0. The highest BCUT2D eigenvalue weighted by molar-refractivity contribution is 6.62. The zero-order chi connectivity index (χ0) is 19.7. The van der Waals surface area contributed by atoms with Crippen LogP contribution in [0.15, 0.2) is 89.1 Å². The highest BCUT2D eigenvalue weighted by atomic mass is 19.2. The molecular formula is C21H19BF2N4. The molecule has 0 radical (unpaired) electrons. The van der Waals surface area contributed by atoms with Gasteiger partial charge in [0.1, 0.15) is 0 Å². The lowest BCUT2D eigenvalue weighted by Crippen LogP contribution is -2.54. The molecule has 0 amide bonds. The van der Waals surface area contributed by atoms with Gasteiger partial charge in [-0.15, -0.1) is 0 Å². The minimum absolute atomic E-state index is 0.231. The van der Waals surface area contributed by atoms with Crippen molar-refractivity contribution in [3.05, 3.63) is 95.6 Å². The zero-order valence-electron chi connectivity index (χ0n) is 15.6. The van der Waals surface area contributed by atoms with Gasteiger partial charge in [-0.2, -0.15) is 5.10 Å². The number of hydrazone groups is 1. The predicted molar refractivity (Wildman–Crippen MR) is 108 cm³/mol. The normalized spacial score (nSPS) is 15.8. The molecule has 1 aliphatic heterocycles. The molecule has 0 aromatic heterocycles. The number of hydrogen-bond acceptors (Lipinski definition) is 3. The Labute approximate surface area is 162 Å². The van der Waals surface area contributed by atoms with Crippen molar-refractivity contribution in [3.63, 3.8) is 0 Å². The van der Waals surface area contributed by atoms with Gasteiger partial charge in [-0.1, -0.05) is 65.7 Å². The van der Waals surface area contributed by atoms with Crippen molar-refractivity contribution in [3.8, 4) is 0 Å². The molecule has 4 nitrogen and oxygen atoms in total. The molecule has 1 aliphatic rings. The summed E-state index contributed by atoms with van der Waals surface area (Å²) in [5.41, 5.74) is 3.28. The van der Waals surface area contributed by atoms with E-state index in [4.69, 9.17) is 0 Å². The van der Waals surface area contributed by atoms with Crippen LogP contribution in [0.5, 0.6) is 0 Å². The van der Waals surface area contributed by atoms with Crippen molar-refractivity contribution in [2.24, 2.45) is 10.2 Å². The Hall–Kier alpha value is -3.35. The maximum absolute atomic E-state index is 15.5. The Kier molecular flexibility index (Phi) is 4.51. The summed E-state index contributed by atoms with van der Waals surface area (Å²) in [6, 6.07) is 22.9. The summed E-state index contributed by atoms with van der Waals surface area (Å²) in [6.07, 6.45) is 0. The quantitative estimate of drug-likeness (QED) is 0.543. The number of benzene rings is 3. The third kappa shape index (κ3) is 3.31. The van der Waals surface area contributed by atoms with Crippen LogP contribution in [0.25, 0.3) is 0 Å². The van der Waals surface area contributed by atoms with E-state index in [0.29, 0.717) is 16.9 Å². The second-order valence-corrected chi connectivity index (χ2v) is 6.84. The molecule has 0 fully saturated rings. The predicted octanol–water partition coefficient (Wildman–Crippen LogP) is 5.66. The molecule has 0 unspecified atom stereocenters. The van der Waals surface area contributed by atoms with Gasteiger partial charge >= 0.3 is 6.97 Å². The molecule has 3 aromatic carbocycles.